The first-order chi connectivity index (χ1) is 9.17. The molecule has 1 aliphatic carbocycles. The fourth-order valence-corrected chi connectivity index (χ4v) is 2.93. The third kappa shape index (κ3) is 6.73. The molecule has 1 unspecified atom stereocenters. The summed E-state index contributed by atoms with van der Waals surface area (Å²) in [6.45, 7) is 10.2. The van der Waals surface area contributed by atoms with Crippen LogP contribution in [-0.2, 0) is 0 Å². The topological polar surface area (TPSA) is 35.5 Å². The van der Waals surface area contributed by atoms with Gasteiger partial charge in [-0.1, -0.05) is 33.6 Å². The Morgan fingerprint density at radius 2 is 1.95 bits per heavy atom. The molecule has 1 atom stereocenters. The summed E-state index contributed by atoms with van der Waals surface area (Å²) in [4.78, 5) is 2.64. The monoisotopic (exact) mass is 270 g/mol. The molecule has 1 fully saturated rings. The SMILES string of the molecule is CCCNC(CO)CN(CCC(C)C)C1CCCC1. The second-order valence-corrected chi connectivity index (χ2v) is 6.45. The van der Waals surface area contributed by atoms with Crippen LogP contribution in [0.5, 0.6) is 0 Å². The van der Waals surface area contributed by atoms with Crippen LogP contribution in [0.3, 0.4) is 0 Å². The van der Waals surface area contributed by atoms with Crippen LogP contribution in [0.25, 0.3) is 0 Å². The first-order valence-electron chi connectivity index (χ1n) is 8.25. The van der Waals surface area contributed by atoms with Crippen LogP contribution in [0.1, 0.15) is 59.3 Å². The van der Waals surface area contributed by atoms with Gasteiger partial charge in [0.1, 0.15) is 0 Å². The molecule has 3 nitrogen and oxygen atoms in total. The minimum Gasteiger partial charge on any atom is -0.395 e. The third-order valence-electron chi connectivity index (χ3n) is 4.19. The first kappa shape index (κ1) is 16.9. The van der Waals surface area contributed by atoms with E-state index in [4.69, 9.17) is 0 Å². The quantitative estimate of drug-likeness (QED) is 0.640. The summed E-state index contributed by atoms with van der Waals surface area (Å²) in [7, 11) is 0. The van der Waals surface area contributed by atoms with Gasteiger partial charge in [0, 0.05) is 18.6 Å². The Kier molecular flexibility index (Phi) is 8.67. The molecule has 1 saturated carbocycles. The van der Waals surface area contributed by atoms with Crippen LogP contribution in [-0.4, -0.2) is 48.3 Å². The smallest absolute Gasteiger partial charge is 0.0597 e. The average Bonchev–Trinajstić information content (AvgIpc) is 2.91. The summed E-state index contributed by atoms with van der Waals surface area (Å²) >= 11 is 0. The number of hydrogen-bond donors (Lipinski definition) is 2. The summed E-state index contributed by atoms with van der Waals surface area (Å²) in [5, 5.41) is 13.0. The molecule has 1 aliphatic rings. The maximum Gasteiger partial charge on any atom is 0.0597 e. The van der Waals surface area contributed by atoms with Crippen molar-refractivity contribution in [3.63, 3.8) is 0 Å². The van der Waals surface area contributed by atoms with Gasteiger partial charge in [-0.15, -0.1) is 0 Å². The second-order valence-electron chi connectivity index (χ2n) is 6.45. The van der Waals surface area contributed by atoms with Gasteiger partial charge in [0.25, 0.3) is 0 Å². The first-order valence-corrected chi connectivity index (χ1v) is 8.25. The van der Waals surface area contributed by atoms with E-state index in [1.165, 1.54) is 38.6 Å². The van der Waals surface area contributed by atoms with Crippen molar-refractivity contribution in [3.05, 3.63) is 0 Å². The van der Waals surface area contributed by atoms with E-state index in [1.807, 2.05) is 0 Å². The van der Waals surface area contributed by atoms with E-state index < -0.39 is 0 Å². The van der Waals surface area contributed by atoms with Crippen LogP contribution in [0.15, 0.2) is 0 Å². The van der Waals surface area contributed by atoms with E-state index >= 15 is 0 Å². The summed E-state index contributed by atoms with van der Waals surface area (Å²) < 4.78 is 0. The molecule has 0 bridgehead atoms. The molecular formula is C16H34N2O. The molecular weight excluding hydrogens is 236 g/mol. The van der Waals surface area contributed by atoms with Gasteiger partial charge < -0.3 is 10.4 Å². The highest BCUT2D eigenvalue weighted by atomic mass is 16.3. The second kappa shape index (κ2) is 9.73. The predicted molar refractivity (Wildman–Crippen MR) is 82.5 cm³/mol. The molecule has 19 heavy (non-hydrogen) atoms. The number of hydrogen-bond acceptors (Lipinski definition) is 3. The van der Waals surface area contributed by atoms with Gasteiger partial charge in [-0.05, 0) is 44.7 Å². The summed E-state index contributed by atoms with van der Waals surface area (Å²) in [6.07, 6.45) is 7.87. The van der Waals surface area contributed by atoms with Gasteiger partial charge in [0.15, 0.2) is 0 Å². The highest BCUT2D eigenvalue weighted by Crippen LogP contribution is 2.24. The maximum absolute atomic E-state index is 9.53. The Labute approximate surface area is 119 Å². The lowest BCUT2D eigenvalue weighted by Crippen LogP contribution is -2.47. The fourth-order valence-electron chi connectivity index (χ4n) is 2.93. The lowest BCUT2D eigenvalue weighted by molar-refractivity contribution is 0.139. The van der Waals surface area contributed by atoms with Crippen LogP contribution >= 0.6 is 0 Å². The van der Waals surface area contributed by atoms with Crippen molar-refractivity contribution < 1.29 is 5.11 Å². The Hall–Kier alpha value is -0.120. The number of nitrogens with one attached hydrogen (secondary N) is 1. The van der Waals surface area contributed by atoms with Crippen molar-refractivity contribution >= 4 is 0 Å². The zero-order chi connectivity index (χ0) is 14.1. The molecule has 0 aromatic rings. The summed E-state index contributed by atoms with van der Waals surface area (Å²) in [5.74, 6) is 0.764. The normalized spacial score (nSPS) is 18.6. The maximum atomic E-state index is 9.53. The molecule has 0 amide bonds. The molecule has 3 heteroatoms. The van der Waals surface area contributed by atoms with E-state index in [1.54, 1.807) is 0 Å². The van der Waals surface area contributed by atoms with Gasteiger partial charge in [-0.2, -0.15) is 0 Å². The van der Waals surface area contributed by atoms with Gasteiger partial charge in [0.05, 0.1) is 6.61 Å². The lowest BCUT2D eigenvalue weighted by Gasteiger charge is -2.32. The minimum atomic E-state index is 0.243. The minimum absolute atomic E-state index is 0.243. The van der Waals surface area contributed by atoms with E-state index in [0.717, 1.165) is 31.5 Å². The number of aliphatic hydroxyl groups is 1. The van der Waals surface area contributed by atoms with Crippen molar-refractivity contribution in [2.45, 2.75) is 71.4 Å². The van der Waals surface area contributed by atoms with Crippen molar-refractivity contribution in [1.29, 1.82) is 0 Å². The molecule has 0 aliphatic heterocycles. The Morgan fingerprint density at radius 3 is 2.47 bits per heavy atom. The Bertz CT molecular complexity index is 215. The van der Waals surface area contributed by atoms with E-state index in [9.17, 15) is 5.11 Å². The lowest BCUT2D eigenvalue weighted by atomic mass is 10.1. The highest BCUT2D eigenvalue weighted by Gasteiger charge is 2.24. The Morgan fingerprint density at radius 1 is 1.26 bits per heavy atom. The van der Waals surface area contributed by atoms with Crippen LogP contribution in [0, 0.1) is 5.92 Å². The molecule has 2 N–H and O–H groups in total. The molecule has 114 valence electrons. The molecule has 0 spiro atoms. The van der Waals surface area contributed by atoms with Gasteiger partial charge in [-0.25, -0.2) is 0 Å². The van der Waals surface area contributed by atoms with Crippen molar-refractivity contribution in [2.24, 2.45) is 5.92 Å². The zero-order valence-electron chi connectivity index (χ0n) is 13.2. The molecule has 0 aromatic heterocycles. The number of rotatable bonds is 10. The molecule has 0 saturated heterocycles. The van der Waals surface area contributed by atoms with Crippen molar-refractivity contribution in [3.8, 4) is 0 Å². The third-order valence-corrected chi connectivity index (χ3v) is 4.19. The van der Waals surface area contributed by atoms with Gasteiger partial charge in [-0.3, -0.25) is 4.90 Å². The van der Waals surface area contributed by atoms with Crippen LogP contribution < -0.4 is 5.32 Å². The predicted octanol–water partition coefficient (Wildman–Crippen LogP) is 2.64. The van der Waals surface area contributed by atoms with Gasteiger partial charge in [0.2, 0.25) is 0 Å². The van der Waals surface area contributed by atoms with E-state index in [-0.39, 0.29) is 12.6 Å². The van der Waals surface area contributed by atoms with Crippen molar-refractivity contribution in [1.82, 2.24) is 10.2 Å². The molecule has 0 heterocycles. The van der Waals surface area contributed by atoms with Gasteiger partial charge >= 0.3 is 0 Å². The van der Waals surface area contributed by atoms with Crippen molar-refractivity contribution in [2.75, 3.05) is 26.2 Å². The Balaban J connectivity index is 2.45. The van der Waals surface area contributed by atoms with Crippen LogP contribution in [0.4, 0.5) is 0 Å². The molecule has 0 aromatic carbocycles. The zero-order valence-corrected chi connectivity index (χ0v) is 13.2. The average molecular weight is 270 g/mol. The highest BCUT2D eigenvalue weighted by molar-refractivity contribution is 4.81. The van der Waals surface area contributed by atoms with Crippen LogP contribution in [0.2, 0.25) is 0 Å². The summed E-state index contributed by atoms with van der Waals surface area (Å²) in [6, 6.07) is 1.00. The number of aliphatic hydroxyl groups excluding tert-OH is 1. The van der Waals surface area contributed by atoms with E-state index in [0.29, 0.717) is 0 Å². The number of nitrogens with zero attached hydrogens (tertiary/aromatic N) is 1. The fraction of sp³-hybridized carbons (Fsp3) is 1.00. The summed E-state index contributed by atoms with van der Waals surface area (Å²) in [5.41, 5.74) is 0. The molecule has 0 radical (unpaired) electrons. The molecule has 1 rings (SSSR count). The largest absolute Gasteiger partial charge is 0.395 e. The standard InChI is InChI=1S/C16H34N2O/c1-4-10-17-15(13-19)12-18(11-9-14(2)3)16-7-5-6-8-16/h14-17,19H,4-13H2,1-3H3. The van der Waals surface area contributed by atoms with E-state index in [2.05, 4.69) is 31.0 Å².